The van der Waals surface area contributed by atoms with Gasteiger partial charge in [-0.1, -0.05) is 170 Å². The molecule has 0 bridgehead atoms. The first-order valence-corrected chi connectivity index (χ1v) is 24.6. The fourth-order valence-electron chi connectivity index (χ4n) is 5.86. The maximum atomic E-state index is 12.1. The van der Waals surface area contributed by atoms with Crippen molar-refractivity contribution >= 4 is 19.7 Å². The van der Waals surface area contributed by atoms with Crippen LogP contribution in [0.15, 0.2) is 85.1 Å². The molecule has 0 radical (unpaired) electrons. The molecule has 0 spiro atoms. The topological polar surface area (TPSA) is 131 Å². The van der Waals surface area contributed by atoms with Crippen molar-refractivity contribution in [3.05, 3.63) is 85.1 Å². The fourth-order valence-corrected chi connectivity index (χ4v) is 6.61. The molecule has 0 aromatic heterocycles. The molecular weight excluding hydrogens is 762 g/mol. The number of phosphoric ester groups is 1. The predicted octanol–water partition coefficient (Wildman–Crippen LogP) is 13.2. The molecule has 0 fully saturated rings. The van der Waals surface area contributed by atoms with Crippen molar-refractivity contribution in [3.63, 3.8) is 0 Å². The molecule has 2 atom stereocenters. The summed E-state index contributed by atoms with van der Waals surface area (Å²) in [6, 6.07) is 0. The van der Waals surface area contributed by atoms with E-state index in [-0.39, 0.29) is 32.1 Å². The van der Waals surface area contributed by atoms with Crippen LogP contribution in [0.25, 0.3) is 0 Å². The summed E-state index contributed by atoms with van der Waals surface area (Å²) in [5.41, 5.74) is 0. The quantitative estimate of drug-likeness (QED) is 0.0240. The molecule has 1 amide bonds. The van der Waals surface area contributed by atoms with Crippen LogP contribution >= 0.6 is 7.82 Å². The van der Waals surface area contributed by atoms with Gasteiger partial charge in [0.15, 0.2) is 0 Å². The van der Waals surface area contributed by atoms with E-state index in [1.807, 2.05) is 6.08 Å². The van der Waals surface area contributed by atoms with Crippen molar-refractivity contribution in [2.45, 2.75) is 187 Å². The molecule has 2 unspecified atom stereocenters. The molecule has 0 aromatic rings. The van der Waals surface area contributed by atoms with Gasteiger partial charge >= 0.3 is 13.8 Å². The molecule has 0 saturated carbocycles. The van der Waals surface area contributed by atoms with Crippen LogP contribution in [0.2, 0.25) is 0 Å². The number of nitrogens with one attached hydrogen (secondary N) is 1. The van der Waals surface area contributed by atoms with Crippen molar-refractivity contribution in [1.29, 1.82) is 0 Å². The van der Waals surface area contributed by atoms with E-state index < -0.39 is 26.5 Å². The highest BCUT2D eigenvalue weighted by molar-refractivity contribution is 7.47. The van der Waals surface area contributed by atoms with E-state index in [1.165, 1.54) is 83.5 Å². The summed E-state index contributed by atoms with van der Waals surface area (Å²) in [6.07, 6.45) is 56.6. The van der Waals surface area contributed by atoms with Crippen molar-refractivity contribution in [3.8, 4) is 0 Å². The van der Waals surface area contributed by atoms with Gasteiger partial charge in [0, 0.05) is 19.4 Å². The minimum Gasteiger partial charge on any atom is -0.463 e. The highest BCUT2D eigenvalue weighted by Crippen LogP contribution is 2.42. The first-order valence-electron chi connectivity index (χ1n) is 23.1. The number of aliphatic hydroxyl groups is 1. The Hall–Kier alpha value is -2.81. The Morgan fingerprint density at radius 3 is 1.49 bits per heavy atom. The van der Waals surface area contributed by atoms with E-state index in [0.717, 1.165) is 64.2 Å². The van der Waals surface area contributed by atoms with Crippen LogP contribution in [0.4, 0.5) is 0 Å². The number of carbonyl (C=O) groups excluding carboxylic acids is 2. The van der Waals surface area contributed by atoms with E-state index in [0.29, 0.717) is 12.8 Å². The molecule has 0 aliphatic carbocycles. The molecule has 0 aliphatic rings. The Morgan fingerprint density at radius 2 is 0.983 bits per heavy atom. The highest BCUT2D eigenvalue weighted by atomic mass is 31.2. The number of allylic oxidation sites excluding steroid dienone is 14. The Balaban J connectivity index is 3.66. The van der Waals surface area contributed by atoms with E-state index in [9.17, 15) is 24.2 Å². The molecule has 0 rings (SSSR count). The number of hydrogen-bond acceptors (Lipinski definition) is 7. The monoisotopic (exact) mass is 846 g/mol. The van der Waals surface area contributed by atoms with Gasteiger partial charge in [0.05, 0.1) is 13.2 Å². The first-order chi connectivity index (χ1) is 28.8. The number of unbranched alkanes of at least 4 members (excludes halogenated alkanes) is 15. The van der Waals surface area contributed by atoms with Gasteiger partial charge in [0.2, 0.25) is 5.91 Å². The summed E-state index contributed by atoms with van der Waals surface area (Å²) in [5.74, 6) is -0.583. The second-order valence-corrected chi connectivity index (χ2v) is 16.4. The van der Waals surface area contributed by atoms with Crippen LogP contribution in [0, 0.1) is 0 Å². The lowest BCUT2D eigenvalue weighted by atomic mass is 10.0. The van der Waals surface area contributed by atoms with E-state index in [4.69, 9.17) is 13.8 Å². The number of rotatable bonds is 42. The van der Waals surface area contributed by atoms with E-state index >= 15 is 0 Å². The third kappa shape index (κ3) is 46.1. The lowest BCUT2D eigenvalue weighted by Gasteiger charge is -2.15. The summed E-state index contributed by atoms with van der Waals surface area (Å²) in [6.45, 7) is 3.34. The third-order valence-electron chi connectivity index (χ3n) is 9.31. The van der Waals surface area contributed by atoms with Crippen LogP contribution in [0.3, 0.4) is 0 Å². The predicted molar refractivity (Wildman–Crippen MR) is 247 cm³/mol. The van der Waals surface area contributed by atoms with Gasteiger partial charge in [0.25, 0.3) is 0 Å². The molecule has 0 saturated heterocycles. The van der Waals surface area contributed by atoms with Gasteiger partial charge < -0.3 is 20.1 Å². The van der Waals surface area contributed by atoms with Gasteiger partial charge in [-0.15, -0.1) is 0 Å². The number of hydrogen-bond donors (Lipinski definition) is 3. The molecule has 0 aromatic carbocycles. The second kappa shape index (κ2) is 44.7. The summed E-state index contributed by atoms with van der Waals surface area (Å²) < 4.78 is 26.9. The zero-order chi connectivity index (χ0) is 43.2. The molecule has 0 aliphatic heterocycles. The summed E-state index contributed by atoms with van der Waals surface area (Å²) in [7, 11) is -4.44. The third-order valence-corrected chi connectivity index (χ3v) is 10.3. The second-order valence-electron chi connectivity index (χ2n) is 15.0. The van der Waals surface area contributed by atoms with Crippen LogP contribution in [0.5, 0.6) is 0 Å². The standard InChI is InChI=1S/C49H84NO8P/c1-3-5-7-9-11-13-15-17-19-21-22-23-24-26-27-29-31-33-35-37-39-41-48(52)50-43-44-57-59(54,55)58-46-47(51)45-56-49(53)42-40-38-36-34-32-30-28-25-20-18-16-14-12-10-8-6-4-2/h6,8,11-14,17-20,28,30,34,36,47,51H,3-5,7,9-10,15-16,21-27,29,31-33,35,37-46H2,1-2H3,(H,50,52)(H,54,55)/b8-6-,13-11-,14-12-,19-17-,20-18-,30-28-,36-34-. The molecule has 0 heterocycles. The Bertz CT molecular complexity index is 1240. The SMILES string of the molecule is CC/C=C\C/C=C\C/C=C\C/C=C\C/C=C\CCCC(=O)OCC(O)COP(=O)(O)OCCNC(=O)CCCCCCCCCCCCC/C=C\C/C=C\CCCCC. The average Bonchev–Trinajstić information content (AvgIpc) is 3.22. The summed E-state index contributed by atoms with van der Waals surface area (Å²) in [5, 5.41) is 12.7. The normalized spacial score (nSPS) is 14.0. The Morgan fingerprint density at radius 1 is 0.542 bits per heavy atom. The summed E-state index contributed by atoms with van der Waals surface area (Å²) in [4.78, 5) is 34.0. The molecule has 10 heteroatoms. The van der Waals surface area contributed by atoms with Crippen molar-refractivity contribution in [2.24, 2.45) is 0 Å². The molecule has 59 heavy (non-hydrogen) atoms. The van der Waals surface area contributed by atoms with Crippen molar-refractivity contribution in [2.75, 3.05) is 26.4 Å². The molecule has 9 nitrogen and oxygen atoms in total. The van der Waals surface area contributed by atoms with Gasteiger partial charge in [0.1, 0.15) is 12.7 Å². The van der Waals surface area contributed by atoms with Crippen LogP contribution in [-0.2, 0) is 27.9 Å². The lowest BCUT2D eigenvalue weighted by molar-refractivity contribution is -0.147. The average molecular weight is 846 g/mol. The van der Waals surface area contributed by atoms with E-state index in [1.54, 1.807) is 0 Å². The van der Waals surface area contributed by atoms with Crippen molar-refractivity contribution in [1.82, 2.24) is 5.32 Å². The van der Waals surface area contributed by atoms with Crippen molar-refractivity contribution < 1.29 is 37.9 Å². The molecule has 3 N–H and O–H groups in total. The zero-order valence-electron chi connectivity index (χ0n) is 37.2. The fraction of sp³-hybridized carbons (Fsp3) is 0.673. The smallest absolute Gasteiger partial charge is 0.463 e. The van der Waals surface area contributed by atoms with Crippen LogP contribution in [0.1, 0.15) is 181 Å². The largest absolute Gasteiger partial charge is 0.472 e. The number of amides is 1. The van der Waals surface area contributed by atoms with Gasteiger partial charge in [-0.2, -0.15) is 0 Å². The van der Waals surface area contributed by atoms with Gasteiger partial charge in [-0.05, 0) is 83.5 Å². The number of phosphoric acid groups is 1. The van der Waals surface area contributed by atoms with E-state index in [2.05, 4.69) is 98.2 Å². The van der Waals surface area contributed by atoms with Gasteiger partial charge in [-0.3, -0.25) is 18.6 Å². The van der Waals surface area contributed by atoms with Crippen LogP contribution in [-0.4, -0.2) is 54.3 Å². The summed E-state index contributed by atoms with van der Waals surface area (Å²) >= 11 is 0. The Labute approximate surface area is 360 Å². The maximum Gasteiger partial charge on any atom is 0.472 e. The zero-order valence-corrected chi connectivity index (χ0v) is 38.1. The molecular formula is C49H84NO8P. The minimum atomic E-state index is -4.44. The number of carbonyl (C=O) groups is 2. The lowest BCUT2D eigenvalue weighted by Crippen LogP contribution is -2.27. The Kier molecular flexibility index (Phi) is 42.6. The minimum absolute atomic E-state index is 0.0695. The highest BCUT2D eigenvalue weighted by Gasteiger charge is 2.23. The number of ether oxygens (including phenoxy) is 1. The maximum absolute atomic E-state index is 12.1. The van der Waals surface area contributed by atoms with Crippen LogP contribution < -0.4 is 5.32 Å². The molecule has 338 valence electrons. The first kappa shape index (κ1) is 56.2. The van der Waals surface area contributed by atoms with Gasteiger partial charge in [-0.25, -0.2) is 4.57 Å². The number of esters is 1. The number of aliphatic hydroxyl groups excluding tert-OH is 1.